The molecule has 0 aromatic heterocycles. The van der Waals surface area contributed by atoms with Gasteiger partial charge in [0.2, 0.25) is 0 Å². The summed E-state index contributed by atoms with van der Waals surface area (Å²) in [6, 6.07) is 10.8. The fourth-order valence-corrected chi connectivity index (χ4v) is 5.80. The molecule has 2 saturated carbocycles. The molecule has 0 amide bonds. The number of rotatable bonds is 7. The van der Waals surface area contributed by atoms with E-state index < -0.39 is 17.4 Å². The molecule has 4 rings (SSSR count). The summed E-state index contributed by atoms with van der Waals surface area (Å²) in [5, 5.41) is 0. The third-order valence-electron chi connectivity index (χ3n) is 7.58. The van der Waals surface area contributed by atoms with Gasteiger partial charge < -0.3 is 4.74 Å². The number of benzene rings is 2. The predicted octanol–water partition coefficient (Wildman–Crippen LogP) is 8.20. The zero-order chi connectivity index (χ0) is 23.9. The standard InChI is InChI=1S/C31H34F2O/c1-3-5-6-23-11-14-28-21-27(16-15-26(28)18-23)25-12-9-22(10-13-25)7-8-24-19-29(32)31(30(33)20-24)34-17-4-2/h3-4,9-10,12-13,19-20,23,26-28H,1-2,5-6,11,14-18,21H2. The van der Waals surface area contributed by atoms with Crippen molar-refractivity contribution in [1.82, 2.24) is 0 Å². The summed E-state index contributed by atoms with van der Waals surface area (Å²) in [5.74, 6) is 7.27. The van der Waals surface area contributed by atoms with Crippen LogP contribution in [0.4, 0.5) is 8.78 Å². The molecule has 0 saturated heterocycles. The van der Waals surface area contributed by atoms with Gasteiger partial charge >= 0.3 is 0 Å². The van der Waals surface area contributed by atoms with Gasteiger partial charge in [-0.2, -0.15) is 0 Å². The number of ether oxygens (including phenoxy) is 1. The van der Waals surface area contributed by atoms with E-state index in [4.69, 9.17) is 4.74 Å². The fraction of sp³-hybridized carbons (Fsp3) is 0.419. The van der Waals surface area contributed by atoms with Crippen LogP contribution < -0.4 is 4.74 Å². The average Bonchev–Trinajstić information content (AvgIpc) is 2.85. The highest BCUT2D eigenvalue weighted by atomic mass is 19.1. The lowest BCUT2D eigenvalue weighted by Gasteiger charge is -2.42. The topological polar surface area (TPSA) is 9.23 Å². The molecule has 4 unspecified atom stereocenters. The van der Waals surface area contributed by atoms with Crippen LogP contribution in [0.1, 0.15) is 74.0 Å². The first-order chi connectivity index (χ1) is 16.6. The van der Waals surface area contributed by atoms with E-state index in [2.05, 4.69) is 43.2 Å². The van der Waals surface area contributed by atoms with Gasteiger partial charge in [0.05, 0.1) is 0 Å². The molecule has 2 fully saturated rings. The summed E-state index contributed by atoms with van der Waals surface area (Å²) >= 11 is 0. The van der Waals surface area contributed by atoms with E-state index in [0.717, 1.165) is 29.7 Å². The van der Waals surface area contributed by atoms with E-state index in [9.17, 15) is 8.78 Å². The summed E-state index contributed by atoms with van der Waals surface area (Å²) in [4.78, 5) is 0. The van der Waals surface area contributed by atoms with Crippen LogP contribution in [0.5, 0.6) is 5.75 Å². The van der Waals surface area contributed by atoms with Crippen LogP contribution >= 0.6 is 0 Å². The van der Waals surface area contributed by atoms with Crippen LogP contribution in [-0.4, -0.2) is 6.61 Å². The van der Waals surface area contributed by atoms with Crippen molar-refractivity contribution in [2.45, 2.75) is 57.3 Å². The van der Waals surface area contributed by atoms with Gasteiger partial charge in [-0.1, -0.05) is 49.1 Å². The molecule has 3 heteroatoms. The Morgan fingerprint density at radius 2 is 1.53 bits per heavy atom. The number of fused-ring (bicyclic) bond motifs is 1. The molecule has 0 spiro atoms. The Morgan fingerprint density at radius 1 is 0.853 bits per heavy atom. The lowest BCUT2D eigenvalue weighted by Crippen LogP contribution is -2.30. The minimum absolute atomic E-state index is 0.0455. The molecule has 178 valence electrons. The molecule has 0 heterocycles. The van der Waals surface area contributed by atoms with Crippen molar-refractivity contribution >= 4 is 0 Å². The summed E-state index contributed by atoms with van der Waals surface area (Å²) < 4.78 is 33.3. The van der Waals surface area contributed by atoms with Crippen molar-refractivity contribution in [3.8, 4) is 17.6 Å². The highest BCUT2D eigenvalue weighted by Gasteiger charge is 2.35. The average molecular weight is 461 g/mol. The molecule has 0 N–H and O–H groups in total. The van der Waals surface area contributed by atoms with Crippen molar-refractivity contribution in [1.29, 1.82) is 0 Å². The summed E-state index contributed by atoms with van der Waals surface area (Å²) in [7, 11) is 0. The van der Waals surface area contributed by atoms with Gasteiger partial charge in [-0.25, -0.2) is 8.78 Å². The Balaban J connectivity index is 1.36. The molecular weight excluding hydrogens is 426 g/mol. The molecule has 0 radical (unpaired) electrons. The van der Waals surface area contributed by atoms with E-state index >= 15 is 0 Å². The second kappa shape index (κ2) is 11.5. The highest BCUT2D eigenvalue weighted by Crippen LogP contribution is 2.48. The molecular formula is C31H34F2O. The summed E-state index contributed by atoms with van der Waals surface area (Å²) in [6.07, 6.45) is 14.0. The zero-order valence-corrected chi connectivity index (χ0v) is 19.9. The largest absolute Gasteiger partial charge is 0.483 e. The van der Waals surface area contributed by atoms with Gasteiger partial charge in [0.25, 0.3) is 0 Å². The van der Waals surface area contributed by atoms with E-state index in [1.54, 1.807) is 0 Å². The lowest BCUT2D eigenvalue weighted by molar-refractivity contribution is 0.115. The van der Waals surface area contributed by atoms with Crippen LogP contribution in [0.25, 0.3) is 0 Å². The van der Waals surface area contributed by atoms with Crippen LogP contribution in [0, 0.1) is 41.2 Å². The quantitative estimate of drug-likeness (QED) is 0.299. The van der Waals surface area contributed by atoms with Crippen molar-refractivity contribution in [3.05, 3.63) is 90.0 Å². The van der Waals surface area contributed by atoms with Crippen LogP contribution in [0.3, 0.4) is 0 Å². The van der Waals surface area contributed by atoms with E-state index in [1.807, 2.05) is 12.1 Å². The highest BCUT2D eigenvalue weighted by molar-refractivity contribution is 5.46. The fourth-order valence-electron chi connectivity index (χ4n) is 5.80. The van der Waals surface area contributed by atoms with Gasteiger partial charge in [0, 0.05) is 11.1 Å². The molecule has 0 aliphatic heterocycles. The Labute approximate surface area is 202 Å². The van der Waals surface area contributed by atoms with Crippen molar-refractivity contribution in [3.63, 3.8) is 0 Å². The normalized spacial score (nSPS) is 23.8. The summed E-state index contributed by atoms with van der Waals surface area (Å²) in [5.41, 5.74) is 2.51. The molecule has 2 aliphatic rings. The zero-order valence-electron chi connectivity index (χ0n) is 19.9. The third-order valence-corrected chi connectivity index (χ3v) is 7.58. The lowest BCUT2D eigenvalue weighted by atomic mass is 9.63. The molecule has 1 nitrogen and oxygen atoms in total. The molecule has 4 atom stereocenters. The maximum Gasteiger partial charge on any atom is 0.191 e. The minimum atomic E-state index is -0.758. The minimum Gasteiger partial charge on any atom is -0.483 e. The molecule has 2 aromatic carbocycles. The molecule has 2 aromatic rings. The Kier molecular flexibility index (Phi) is 8.22. The first-order valence-corrected chi connectivity index (χ1v) is 12.5. The van der Waals surface area contributed by atoms with E-state index in [0.29, 0.717) is 5.92 Å². The smallest absolute Gasteiger partial charge is 0.191 e. The van der Waals surface area contributed by atoms with Crippen molar-refractivity contribution in [2.24, 2.45) is 17.8 Å². The van der Waals surface area contributed by atoms with Gasteiger partial charge in [0.1, 0.15) is 6.61 Å². The maximum absolute atomic E-state index is 14.1. The molecule has 34 heavy (non-hydrogen) atoms. The first-order valence-electron chi connectivity index (χ1n) is 12.5. The van der Waals surface area contributed by atoms with Crippen LogP contribution in [0.2, 0.25) is 0 Å². The molecule has 2 aliphatic carbocycles. The van der Waals surface area contributed by atoms with Crippen molar-refractivity contribution < 1.29 is 13.5 Å². The van der Waals surface area contributed by atoms with Gasteiger partial charge in [-0.15, -0.1) is 6.58 Å². The SMILES string of the molecule is C=CCCC1CCC2CC(c3ccc(C#Cc4cc(F)c(OCC=C)c(F)c4)cc3)CCC2C1. The number of hydrogen-bond acceptors (Lipinski definition) is 1. The second-order valence-corrected chi connectivity index (χ2v) is 9.82. The summed E-state index contributed by atoms with van der Waals surface area (Å²) in [6.45, 7) is 7.41. The number of halogens is 2. The van der Waals surface area contributed by atoms with Gasteiger partial charge in [0.15, 0.2) is 17.4 Å². The monoisotopic (exact) mass is 460 g/mol. The van der Waals surface area contributed by atoms with E-state index in [1.165, 1.54) is 68.7 Å². The maximum atomic E-state index is 14.1. The van der Waals surface area contributed by atoms with Crippen LogP contribution in [0.15, 0.2) is 61.7 Å². The van der Waals surface area contributed by atoms with Gasteiger partial charge in [-0.3, -0.25) is 0 Å². The Bertz CT molecular complexity index is 1040. The first kappa shape index (κ1) is 24.3. The molecule has 0 bridgehead atoms. The Hall–Kier alpha value is -2.86. The predicted molar refractivity (Wildman–Crippen MR) is 135 cm³/mol. The van der Waals surface area contributed by atoms with E-state index in [-0.39, 0.29) is 12.2 Å². The third kappa shape index (κ3) is 5.98. The Morgan fingerprint density at radius 3 is 2.24 bits per heavy atom. The number of allylic oxidation sites excluding steroid dienone is 1. The van der Waals surface area contributed by atoms with Gasteiger partial charge in [-0.05, 0) is 98.4 Å². The number of hydrogen-bond donors (Lipinski definition) is 0. The van der Waals surface area contributed by atoms with Crippen LogP contribution in [-0.2, 0) is 0 Å². The second-order valence-electron chi connectivity index (χ2n) is 9.82. The van der Waals surface area contributed by atoms with Crippen molar-refractivity contribution in [2.75, 3.05) is 6.61 Å².